The molecule has 0 bridgehead atoms. The monoisotopic (exact) mass is 656 g/mol. The minimum absolute atomic E-state index is 0.0449. The number of hydrogen-bond donors (Lipinski definition) is 4. The van der Waals surface area contributed by atoms with Crippen molar-refractivity contribution in [2.75, 3.05) is 13.7 Å². The number of allylic oxidation sites excluding steroid dienone is 1. The van der Waals surface area contributed by atoms with Crippen molar-refractivity contribution < 1.29 is 68.0 Å². The van der Waals surface area contributed by atoms with Crippen molar-refractivity contribution in [1.82, 2.24) is 0 Å². The van der Waals surface area contributed by atoms with E-state index in [1.165, 1.54) is 44.4 Å². The van der Waals surface area contributed by atoms with E-state index in [2.05, 4.69) is 0 Å². The summed E-state index contributed by atoms with van der Waals surface area (Å²) in [5, 5.41) is 41.1. The summed E-state index contributed by atoms with van der Waals surface area (Å²) in [5.74, 6) is -4.15. The predicted octanol–water partition coefficient (Wildman–Crippen LogP) is 0.620. The van der Waals surface area contributed by atoms with Crippen LogP contribution in [0.1, 0.15) is 25.8 Å². The van der Waals surface area contributed by atoms with Gasteiger partial charge in [0.05, 0.1) is 18.8 Å². The number of aromatic hydroxyl groups is 1. The highest BCUT2D eigenvalue weighted by atomic mass is 16.7. The van der Waals surface area contributed by atoms with Crippen LogP contribution in [0.15, 0.2) is 65.8 Å². The van der Waals surface area contributed by atoms with Gasteiger partial charge in [0.25, 0.3) is 0 Å². The smallest absolute Gasteiger partial charge is 0.338 e. The van der Waals surface area contributed by atoms with E-state index < -0.39 is 90.8 Å². The van der Waals surface area contributed by atoms with Gasteiger partial charge in [-0.15, -0.1) is 0 Å². The van der Waals surface area contributed by atoms with Gasteiger partial charge in [-0.25, -0.2) is 14.4 Å². The molecule has 4 aliphatic rings. The molecule has 2 aliphatic carbocycles. The molecule has 1 fully saturated rings. The standard InChI is InChI=1S/C33H36O14/c1-16(44-25(36)11-6-18-4-7-19(35)8-5-18)22-14-33(47-31(22)41)13-12-20-21(30(40)42-3)9-10-23(26(20)33)45-32-29(39)28(38)27(37)24(46-32)15-43-17(2)34/h4-9,11-14,16,20,23-24,26-29,32,35,37-39H,10,15H2,1-3H3/t16-,20+,23+,24+,26+,27+,28-,29+,32+,33+/m0/s1. The van der Waals surface area contributed by atoms with Crippen molar-refractivity contribution in [1.29, 1.82) is 0 Å². The second-order valence-corrected chi connectivity index (χ2v) is 11.6. The number of carbonyl (C=O) groups excluding carboxylic acids is 4. The number of ether oxygens (including phenoxy) is 6. The molecule has 0 unspecified atom stereocenters. The molecule has 2 heterocycles. The second-order valence-electron chi connectivity index (χ2n) is 11.6. The maximum Gasteiger partial charge on any atom is 0.338 e. The van der Waals surface area contributed by atoms with Crippen LogP contribution in [0.3, 0.4) is 0 Å². The summed E-state index contributed by atoms with van der Waals surface area (Å²) in [5.41, 5.74) is -0.496. The fourth-order valence-corrected chi connectivity index (χ4v) is 6.23. The number of benzene rings is 1. The Morgan fingerprint density at radius 1 is 1.11 bits per heavy atom. The van der Waals surface area contributed by atoms with E-state index in [9.17, 15) is 39.6 Å². The molecule has 14 heteroatoms. The van der Waals surface area contributed by atoms with E-state index in [1.54, 1.807) is 30.4 Å². The van der Waals surface area contributed by atoms with Gasteiger partial charge in [0, 0.05) is 30.4 Å². The van der Waals surface area contributed by atoms with Gasteiger partial charge in [-0.2, -0.15) is 0 Å². The molecule has 252 valence electrons. The van der Waals surface area contributed by atoms with Crippen LogP contribution in [0.5, 0.6) is 5.75 Å². The molecule has 10 atom stereocenters. The van der Waals surface area contributed by atoms with Gasteiger partial charge in [0.1, 0.15) is 42.9 Å². The normalized spacial score (nSPS) is 33.5. The lowest BCUT2D eigenvalue weighted by Crippen LogP contribution is -2.61. The zero-order valence-electron chi connectivity index (χ0n) is 25.8. The van der Waals surface area contributed by atoms with Gasteiger partial charge in [-0.05, 0) is 49.3 Å². The van der Waals surface area contributed by atoms with Crippen LogP contribution in [-0.2, 0) is 47.6 Å². The van der Waals surface area contributed by atoms with Crippen molar-refractivity contribution in [2.24, 2.45) is 11.8 Å². The van der Waals surface area contributed by atoms with Gasteiger partial charge >= 0.3 is 23.9 Å². The number of phenolic OH excluding ortho intramolecular Hbond substituents is 1. The summed E-state index contributed by atoms with van der Waals surface area (Å²) in [7, 11) is 1.23. The maximum atomic E-state index is 13.2. The van der Waals surface area contributed by atoms with E-state index >= 15 is 0 Å². The zero-order chi connectivity index (χ0) is 34.0. The van der Waals surface area contributed by atoms with E-state index in [0.717, 1.165) is 6.92 Å². The molecule has 47 heavy (non-hydrogen) atoms. The van der Waals surface area contributed by atoms with Crippen molar-refractivity contribution >= 4 is 30.0 Å². The summed E-state index contributed by atoms with van der Waals surface area (Å²) < 4.78 is 33.2. The lowest BCUT2D eigenvalue weighted by atomic mass is 9.72. The number of hydrogen-bond acceptors (Lipinski definition) is 14. The molecule has 0 amide bonds. The number of fused-ring (bicyclic) bond motifs is 2. The molecule has 1 saturated heterocycles. The highest BCUT2D eigenvalue weighted by Crippen LogP contribution is 2.51. The van der Waals surface area contributed by atoms with E-state index in [4.69, 9.17) is 28.4 Å². The minimum atomic E-state index is -1.71. The third-order valence-corrected chi connectivity index (χ3v) is 8.57. The number of phenols is 1. The summed E-state index contributed by atoms with van der Waals surface area (Å²) >= 11 is 0. The van der Waals surface area contributed by atoms with Crippen LogP contribution in [0.4, 0.5) is 0 Å². The lowest BCUT2D eigenvalue weighted by Gasteiger charge is -2.45. The van der Waals surface area contributed by atoms with Crippen LogP contribution in [0.2, 0.25) is 0 Å². The summed E-state index contributed by atoms with van der Waals surface area (Å²) in [6.45, 7) is 2.25. The van der Waals surface area contributed by atoms with E-state index in [1.807, 2.05) is 0 Å². The number of carbonyl (C=O) groups is 4. The Bertz CT molecular complexity index is 1510. The minimum Gasteiger partial charge on any atom is -0.508 e. The van der Waals surface area contributed by atoms with Crippen molar-refractivity contribution in [3.8, 4) is 5.75 Å². The fraction of sp³-hybridized carbons (Fsp3) is 0.455. The fourth-order valence-electron chi connectivity index (χ4n) is 6.23. The molecule has 1 aromatic carbocycles. The molecule has 1 aromatic rings. The topological polar surface area (TPSA) is 205 Å². The highest BCUT2D eigenvalue weighted by Gasteiger charge is 2.58. The van der Waals surface area contributed by atoms with Crippen molar-refractivity contribution in [2.45, 2.75) is 68.8 Å². The number of rotatable bonds is 9. The van der Waals surface area contributed by atoms with Gasteiger partial charge < -0.3 is 48.8 Å². The number of methoxy groups -OCH3 is 1. The summed E-state index contributed by atoms with van der Waals surface area (Å²) in [6, 6.07) is 6.13. The van der Waals surface area contributed by atoms with Gasteiger partial charge in [-0.1, -0.05) is 24.3 Å². The Balaban J connectivity index is 1.38. The molecule has 5 rings (SSSR count). The first-order chi connectivity index (χ1) is 22.3. The Hall–Kier alpha value is -4.34. The summed E-state index contributed by atoms with van der Waals surface area (Å²) in [4.78, 5) is 49.9. The van der Waals surface area contributed by atoms with E-state index in [0.29, 0.717) is 5.56 Å². The molecule has 4 N–H and O–H groups in total. The van der Waals surface area contributed by atoms with Crippen LogP contribution in [-0.4, -0.2) is 107 Å². The molecule has 2 aliphatic heterocycles. The average Bonchev–Trinajstić information content (AvgIpc) is 3.59. The SMILES string of the molecule is COC(=O)C1=CC[C@@H](O[C@@H]2O[C@H](COC(C)=O)[C@@H](O)[C@H](O)[C@H]2O)[C@H]2[C@@H]1C=C[C@@]21C=C([C@H](C)OC(=O)C=Cc2ccc(O)cc2)C(=O)O1. The molecule has 0 saturated carbocycles. The lowest BCUT2D eigenvalue weighted by molar-refractivity contribution is -0.318. The zero-order valence-corrected chi connectivity index (χ0v) is 25.8. The van der Waals surface area contributed by atoms with Crippen LogP contribution in [0.25, 0.3) is 6.08 Å². The Morgan fingerprint density at radius 2 is 1.83 bits per heavy atom. The first-order valence-corrected chi connectivity index (χ1v) is 14.9. The third kappa shape index (κ3) is 7.01. The highest BCUT2D eigenvalue weighted by molar-refractivity contribution is 5.95. The van der Waals surface area contributed by atoms with Gasteiger partial charge in [0.2, 0.25) is 0 Å². The Kier molecular flexibility index (Phi) is 9.98. The summed E-state index contributed by atoms with van der Waals surface area (Å²) in [6.07, 6.45) is -0.547. The predicted molar refractivity (Wildman–Crippen MR) is 159 cm³/mol. The maximum absolute atomic E-state index is 13.2. The van der Waals surface area contributed by atoms with Gasteiger partial charge in [0.15, 0.2) is 11.9 Å². The second kappa shape index (κ2) is 13.8. The van der Waals surface area contributed by atoms with Gasteiger partial charge in [-0.3, -0.25) is 4.79 Å². The van der Waals surface area contributed by atoms with Crippen LogP contribution in [0, 0.1) is 11.8 Å². The van der Waals surface area contributed by atoms with Crippen molar-refractivity contribution in [3.63, 3.8) is 0 Å². The third-order valence-electron chi connectivity index (χ3n) is 8.57. The van der Waals surface area contributed by atoms with Crippen LogP contribution >= 0.6 is 0 Å². The van der Waals surface area contributed by atoms with Crippen LogP contribution < -0.4 is 0 Å². The molecule has 0 radical (unpaired) electrons. The molecular weight excluding hydrogens is 620 g/mol. The first kappa shape index (κ1) is 34.0. The number of esters is 4. The quantitative estimate of drug-likeness (QED) is 0.125. The van der Waals surface area contributed by atoms with Crippen molar-refractivity contribution in [3.05, 3.63) is 71.4 Å². The average molecular weight is 657 g/mol. The molecular formula is C33H36O14. The Morgan fingerprint density at radius 3 is 2.51 bits per heavy atom. The molecule has 0 aromatic heterocycles. The first-order valence-electron chi connectivity index (χ1n) is 14.9. The molecule has 1 spiro atoms. The largest absolute Gasteiger partial charge is 0.508 e. The number of aliphatic hydroxyl groups excluding tert-OH is 3. The van der Waals surface area contributed by atoms with E-state index in [-0.39, 0.29) is 23.3 Å². The number of aliphatic hydroxyl groups is 3. The molecule has 14 nitrogen and oxygen atoms in total. The Labute approximate surface area is 269 Å².